The second kappa shape index (κ2) is 6.23. The minimum atomic E-state index is -3.42. The zero-order valence-electron chi connectivity index (χ0n) is 11.5. The predicted octanol–water partition coefficient (Wildman–Crippen LogP) is 0.403. The number of nitrogens with one attached hydrogen (secondary N) is 1. The molecule has 0 radical (unpaired) electrons. The zero-order valence-corrected chi connectivity index (χ0v) is 12.3. The van der Waals surface area contributed by atoms with Gasteiger partial charge in [0.1, 0.15) is 0 Å². The van der Waals surface area contributed by atoms with Gasteiger partial charge in [-0.15, -0.1) is 6.42 Å². The highest BCUT2D eigenvalue weighted by molar-refractivity contribution is 7.86. The lowest BCUT2D eigenvalue weighted by Crippen LogP contribution is -2.53. The van der Waals surface area contributed by atoms with Crippen LogP contribution in [0.1, 0.15) is 32.1 Å². The standard InChI is InChI=1S/C13H23N3O2S/c1-3-9-15(2)19(17,18)16-10-5-4-6-13(16)11-14-12-7-8-12/h1,12-14H,4-11H2,2H3. The normalized spacial score (nSPS) is 25.4. The van der Waals surface area contributed by atoms with Crippen LogP contribution in [0.5, 0.6) is 0 Å². The maximum Gasteiger partial charge on any atom is 0.282 e. The van der Waals surface area contributed by atoms with E-state index in [0.717, 1.165) is 25.8 Å². The highest BCUT2D eigenvalue weighted by Crippen LogP contribution is 2.24. The molecule has 2 fully saturated rings. The molecule has 108 valence electrons. The lowest BCUT2D eigenvalue weighted by atomic mass is 10.1. The summed E-state index contributed by atoms with van der Waals surface area (Å²) < 4.78 is 27.8. The number of rotatable bonds is 6. The first kappa shape index (κ1) is 14.8. The van der Waals surface area contributed by atoms with Crippen molar-refractivity contribution in [2.24, 2.45) is 0 Å². The van der Waals surface area contributed by atoms with Gasteiger partial charge in [0, 0.05) is 32.2 Å². The van der Waals surface area contributed by atoms with Crippen molar-refractivity contribution in [2.75, 3.05) is 26.7 Å². The van der Waals surface area contributed by atoms with Crippen LogP contribution in [0, 0.1) is 12.3 Å². The second-order valence-electron chi connectivity index (χ2n) is 5.41. The summed E-state index contributed by atoms with van der Waals surface area (Å²) in [4.78, 5) is 0. The Kier molecular flexibility index (Phi) is 4.85. The van der Waals surface area contributed by atoms with Gasteiger partial charge in [-0.05, 0) is 25.7 Å². The van der Waals surface area contributed by atoms with Gasteiger partial charge in [-0.25, -0.2) is 0 Å². The molecule has 2 aliphatic rings. The summed E-state index contributed by atoms with van der Waals surface area (Å²) in [5.74, 6) is 2.39. The van der Waals surface area contributed by atoms with Gasteiger partial charge >= 0.3 is 0 Å². The van der Waals surface area contributed by atoms with Crippen molar-refractivity contribution >= 4 is 10.2 Å². The molecular weight excluding hydrogens is 262 g/mol. The number of piperidine rings is 1. The van der Waals surface area contributed by atoms with Crippen molar-refractivity contribution in [3.8, 4) is 12.3 Å². The topological polar surface area (TPSA) is 52.7 Å². The molecule has 5 nitrogen and oxygen atoms in total. The van der Waals surface area contributed by atoms with E-state index in [2.05, 4.69) is 11.2 Å². The third-order valence-corrected chi connectivity index (χ3v) is 5.79. The smallest absolute Gasteiger partial charge is 0.282 e. The Morgan fingerprint density at radius 2 is 2.11 bits per heavy atom. The van der Waals surface area contributed by atoms with Gasteiger partial charge in [0.25, 0.3) is 10.2 Å². The fraction of sp³-hybridized carbons (Fsp3) is 0.846. The van der Waals surface area contributed by atoms with E-state index in [-0.39, 0.29) is 12.6 Å². The molecule has 1 atom stereocenters. The van der Waals surface area contributed by atoms with Crippen LogP contribution in [0.2, 0.25) is 0 Å². The lowest BCUT2D eigenvalue weighted by Gasteiger charge is -2.36. The van der Waals surface area contributed by atoms with Gasteiger partial charge in [-0.2, -0.15) is 17.0 Å². The summed E-state index contributed by atoms with van der Waals surface area (Å²) in [6.45, 7) is 1.49. The molecule has 1 heterocycles. The molecule has 19 heavy (non-hydrogen) atoms. The van der Waals surface area contributed by atoms with Crippen LogP contribution in [0.4, 0.5) is 0 Å². The highest BCUT2D eigenvalue weighted by Gasteiger charge is 2.35. The third-order valence-electron chi connectivity index (χ3n) is 3.80. The fourth-order valence-corrected chi connectivity index (χ4v) is 3.97. The van der Waals surface area contributed by atoms with Gasteiger partial charge in [0.15, 0.2) is 0 Å². The lowest BCUT2D eigenvalue weighted by molar-refractivity contribution is 0.232. The van der Waals surface area contributed by atoms with Gasteiger partial charge in [-0.3, -0.25) is 0 Å². The molecule has 2 rings (SSSR count). The minimum Gasteiger partial charge on any atom is -0.312 e. The molecule has 1 aliphatic heterocycles. The van der Waals surface area contributed by atoms with Gasteiger partial charge < -0.3 is 5.32 Å². The molecule has 6 heteroatoms. The Hall–Kier alpha value is -0.610. The zero-order chi connectivity index (χ0) is 13.9. The van der Waals surface area contributed by atoms with Crippen molar-refractivity contribution in [1.82, 2.24) is 13.9 Å². The monoisotopic (exact) mass is 285 g/mol. The van der Waals surface area contributed by atoms with Crippen LogP contribution in [0.25, 0.3) is 0 Å². The number of hydrogen-bond acceptors (Lipinski definition) is 3. The molecule has 0 amide bonds. The minimum absolute atomic E-state index is 0.0691. The summed E-state index contributed by atoms with van der Waals surface area (Å²) in [6, 6.07) is 0.675. The molecule has 1 saturated heterocycles. The first-order valence-corrected chi connectivity index (χ1v) is 8.35. The van der Waals surface area contributed by atoms with E-state index in [1.54, 1.807) is 11.4 Å². The fourth-order valence-electron chi connectivity index (χ4n) is 2.46. The van der Waals surface area contributed by atoms with Crippen LogP contribution in [-0.4, -0.2) is 55.8 Å². The quantitative estimate of drug-likeness (QED) is 0.719. The van der Waals surface area contributed by atoms with Crippen LogP contribution >= 0.6 is 0 Å². The van der Waals surface area contributed by atoms with E-state index >= 15 is 0 Å². The molecule has 0 spiro atoms. The summed E-state index contributed by atoms with van der Waals surface area (Å²) in [5, 5.41) is 3.43. The largest absolute Gasteiger partial charge is 0.312 e. The summed E-state index contributed by atoms with van der Waals surface area (Å²) >= 11 is 0. The molecule has 0 bridgehead atoms. The molecule has 1 aliphatic carbocycles. The number of terminal acetylenes is 1. The molecule has 1 N–H and O–H groups in total. The van der Waals surface area contributed by atoms with E-state index in [1.807, 2.05) is 0 Å². The van der Waals surface area contributed by atoms with E-state index in [9.17, 15) is 8.42 Å². The number of hydrogen-bond donors (Lipinski definition) is 1. The Bertz CT molecular complexity index is 439. The summed E-state index contributed by atoms with van der Waals surface area (Å²) in [5.41, 5.74) is 0. The molecule has 0 aromatic heterocycles. The van der Waals surface area contributed by atoms with Crippen molar-refractivity contribution in [1.29, 1.82) is 0 Å². The van der Waals surface area contributed by atoms with E-state index in [0.29, 0.717) is 12.6 Å². The van der Waals surface area contributed by atoms with Crippen molar-refractivity contribution in [3.63, 3.8) is 0 Å². The SMILES string of the molecule is C#CCN(C)S(=O)(=O)N1CCCCC1CNC1CC1. The molecule has 1 saturated carbocycles. The van der Waals surface area contributed by atoms with Crippen molar-refractivity contribution < 1.29 is 8.42 Å². The Morgan fingerprint density at radius 1 is 1.37 bits per heavy atom. The van der Waals surface area contributed by atoms with Crippen molar-refractivity contribution in [2.45, 2.75) is 44.2 Å². The van der Waals surface area contributed by atoms with E-state index < -0.39 is 10.2 Å². The maximum atomic E-state index is 12.5. The Morgan fingerprint density at radius 3 is 2.74 bits per heavy atom. The van der Waals surface area contributed by atoms with Gasteiger partial charge in [-0.1, -0.05) is 12.3 Å². The predicted molar refractivity (Wildman–Crippen MR) is 75.8 cm³/mol. The molecule has 0 aromatic rings. The molecular formula is C13H23N3O2S. The van der Waals surface area contributed by atoms with Crippen LogP contribution < -0.4 is 5.32 Å². The van der Waals surface area contributed by atoms with Gasteiger partial charge in [0.05, 0.1) is 6.54 Å². The first-order valence-electron chi connectivity index (χ1n) is 6.95. The molecule has 1 unspecified atom stereocenters. The van der Waals surface area contributed by atoms with Crippen LogP contribution in [0.15, 0.2) is 0 Å². The van der Waals surface area contributed by atoms with Crippen molar-refractivity contribution in [3.05, 3.63) is 0 Å². The van der Waals surface area contributed by atoms with E-state index in [1.165, 1.54) is 17.1 Å². The van der Waals surface area contributed by atoms with Crippen LogP contribution in [0.3, 0.4) is 0 Å². The Labute approximate surface area is 116 Å². The van der Waals surface area contributed by atoms with Gasteiger partial charge in [0.2, 0.25) is 0 Å². The van der Waals surface area contributed by atoms with Crippen LogP contribution in [-0.2, 0) is 10.2 Å². The Balaban J connectivity index is 2.02. The average molecular weight is 285 g/mol. The van der Waals surface area contributed by atoms with E-state index in [4.69, 9.17) is 6.42 Å². The summed E-state index contributed by atoms with van der Waals surface area (Å²) in [6.07, 6.45) is 10.6. The second-order valence-corrected chi connectivity index (χ2v) is 7.40. The maximum absolute atomic E-state index is 12.5. The molecule has 0 aromatic carbocycles. The number of nitrogens with zero attached hydrogens (tertiary/aromatic N) is 2. The third kappa shape index (κ3) is 3.69. The highest BCUT2D eigenvalue weighted by atomic mass is 32.2. The average Bonchev–Trinajstić information content (AvgIpc) is 3.21. The first-order chi connectivity index (χ1) is 9.05. The summed E-state index contributed by atoms with van der Waals surface area (Å²) in [7, 11) is -1.87.